The number of hydrogen-bond acceptors (Lipinski definition) is 7. The van der Waals surface area contributed by atoms with E-state index >= 15 is 0 Å². The number of aliphatic imine (C=N–C) groups is 1. The van der Waals surface area contributed by atoms with Crippen molar-refractivity contribution < 1.29 is 14.3 Å². The van der Waals surface area contributed by atoms with Gasteiger partial charge in [0.05, 0.1) is 12.0 Å². The fourth-order valence-corrected chi connectivity index (χ4v) is 6.34. The number of carbonyl (C=O) groups is 2. The Balaban J connectivity index is 1.36. The highest BCUT2D eigenvalue weighted by atomic mass is 79.9. The number of rotatable bonds is 8. The predicted octanol–water partition coefficient (Wildman–Crippen LogP) is 5.98. The number of ether oxygens (including phenoxy) is 1. The molecule has 1 spiro atoms. The molecule has 0 bridgehead atoms. The standard InChI is InChI=1S/C29H31BrN4O3/c1-2-16-37-28(36)23(34-25-24(30)26(35)29(25)12-4-3-5-13-29)17-19-6-8-21(9-7-19)33-27-22-18-31-14-10-20(22)11-15-32-27/h6-11,14-15,18,23-24H,2-5,12-13,16-17H2,1H3,(H,32,33)/t23-,24?/m0/s1. The van der Waals surface area contributed by atoms with Crippen LogP contribution in [0.3, 0.4) is 0 Å². The molecule has 0 radical (unpaired) electrons. The van der Waals surface area contributed by atoms with Crippen molar-refractivity contribution in [2.24, 2.45) is 10.4 Å². The van der Waals surface area contributed by atoms with Crippen molar-refractivity contribution in [2.75, 3.05) is 11.9 Å². The number of aromatic nitrogens is 2. The highest BCUT2D eigenvalue weighted by molar-refractivity contribution is 9.10. The van der Waals surface area contributed by atoms with Gasteiger partial charge >= 0.3 is 5.97 Å². The predicted molar refractivity (Wildman–Crippen MR) is 149 cm³/mol. The molecule has 192 valence electrons. The Morgan fingerprint density at radius 3 is 2.68 bits per heavy atom. The molecule has 2 heterocycles. The lowest BCUT2D eigenvalue weighted by molar-refractivity contribution is -0.145. The lowest BCUT2D eigenvalue weighted by Crippen LogP contribution is -2.61. The second kappa shape index (κ2) is 11.1. The maximum absolute atomic E-state index is 13.0. The first kappa shape index (κ1) is 25.5. The fourth-order valence-electron chi connectivity index (χ4n) is 5.35. The van der Waals surface area contributed by atoms with Gasteiger partial charge in [0.15, 0.2) is 11.8 Å². The van der Waals surface area contributed by atoms with Crippen molar-refractivity contribution in [3.63, 3.8) is 0 Å². The molecular formula is C29H31BrN4O3. The van der Waals surface area contributed by atoms with E-state index in [0.717, 1.165) is 72.1 Å². The van der Waals surface area contributed by atoms with Crippen LogP contribution in [-0.2, 0) is 20.7 Å². The minimum atomic E-state index is -0.682. The third kappa shape index (κ3) is 5.17. The normalized spacial score (nSPS) is 20.5. The average molecular weight is 563 g/mol. The van der Waals surface area contributed by atoms with E-state index in [1.807, 2.05) is 43.3 Å². The number of nitrogens with one attached hydrogen (secondary N) is 1. The maximum Gasteiger partial charge on any atom is 0.331 e. The van der Waals surface area contributed by atoms with Crippen molar-refractivity contribution in [3.8, 4) is 0 Å². The zero-order valence-corrected chi connectivity index (χ0v) is 22.5. The SMILES string of the molecule is CCCOC(=O)[C@H](Cc1ccc(Nc2nccc3ccncc23)cc1)N=C1C(Br)C(=O)C12CCCCC2. The van der Waals surface area contributed by atoms with Gasteiger partial charge in [-0.3, -0.25) is 14.8 Å². The Hall–Kier alpha value is -3.13. The van der Waals surface area contributed by atoms with E-state index in [2.05, 4.69) is 31.2 Å². The summed E-state index contributed by atoms with van der Waals surface area (Å²) in [6, 6.07) is 11.1. The van der Waals surface area contributed by atoms with E-state index in [1.54, 1.807) is 18.6 Å². The van der Waals surface area contributed by atoms with E-state index in [1.165, 1.54) is 0 Å². The van der Waals surface area contributed by atoms with Gasteiger partial charge in [-0.1, -0.05) is 54.2 Å². The molecule has 0 aliphatic heterocycles. The van der Waals surface area contributed by atoms with Gasteiger partial charge in [0.25, 0.3) is 0 Å². The minimum absolute atomic E-state index is 0.208. The molecule has 2 aliphatic rings. The molecule has 37 heavy (non-hydrogen) atoms. The molecule has 2 aliphatic carbocycles. The number of fused-ring (bicyclic) bond motifs is 1. The number of anilines is 2. The number of pyridine rings is 2. The van der Waals surface area contributed by atoms with E-state index < -0.39 is 16.3 Å². The second-order valence-electron chi connectivity index (χ2n) is 9.85. The van der Waals surface area contributed by atoms with Gasteiger partial charge in [-0.25, -0.2) is 9.78 Å². The molecule has 3 aromatic rings. The van der Waals surface area contributed by atoms with Gasteiger partial charge in [0, 0.05) is 41.8 Å². The average Bonchev–Trinajstić information content (AvgIpc) is 2.95. The van der Waals surface area contributed by atoms with E-state index in [0.29, 0.717) is 13.0 Å². The van der Waals surface area contributed by atoms with Gasteiger partial charge in [0.2, 0.25) is 0 Å². The third-order valence-electron chi connectivity index (χ3n) is 7.37. The van der Waals surface area contributed by atoms with Crippen LogP contribution >= 0.6 is 15.9 Å². The van der Waals surface area contributed by atoms with Crippen molar-refractivity contribution in [3.05, 3.63) is 60.6 Å². The van der Waals surface area contributed by atoms with Gasteiger partial charge < -0.3 is 10.1 Å². The van der Waals surface area contributed by atoms with Crippen LogP contribution in [0.2, 0.25) is 0 Å². The molecule has 0 amide bonds. The molecule has 2 atom stereocenters. The van der Waals surface area contributed by atoms with Crippen LogP contribution in [-0.4, -0.2) is 44.9 Å². The molecular weight excluding hydrogens is 532 g/mol. The number of nitrogens with zero attached hydrogens (tertiary/aromatic N) is 3. The molecule has 7 nitrogen and oxygen atoms in total. The molecule has 5 rings (SSSR count). The van der Waals surface area contributed by atoms with Crippen LogP contribution < -0.4 is 5.32 Å². The number of Topliss-reactive ketones (excluding diaryl/α,β-unsaturated/α-hetero) is 1. The fraction of sp³-hybridized carbons (Fsp3) is 0.414. The molecule has 2 saturated carbocycles. The first-order valence-electron chi connectivity index (χ1n) is 13.0. The topological polar surface area (TPSA) is 93.5 Å². The van der Waals surface area contributed by atoms with Crippen LogP contribution in [0.4, 0.5) is 11.5 Å². The summed E-state index contributed by atoms with van der Waals surface area (Å²) in [5.41, 5.74) is 2.18. The Morgan fingerprint density at radius 2 is 1.92 bits per heavy atom. The number of alkyl halides is 1. The number of hydrogen-bond donors (Lipinski definition) is 1. The van der Waals surface area contributed by atoms with Gasteiger partial charge in [0.1, 0.15) is 10.6 Å². The van der Waals surface area contributed by atoms with Gasteiger partial charge in [-0.2, -0.15) is 0 Å². The first-order chi connectivity index (χ1) is 18.0. The van der Waals surface area contributed by atoms with Crippen LogP contribution in [0.25, 0.3) is 10.8 Å². The van der Waals surface area contributed by atoms with Crippen molar-refractivity contribution >= 4 is 55.7 Å². The Morgan fingerprint density at radius 1 is 1.16 bits per heavy atom. The first-order valence-corrected chi connectivity index (χ1v) is 13.9. The van der Waals surface area contributed by atoms with Crippen LogP contribution in [0.15, 0.2) is 60.0 Å². The quantitative estimate of drug-likeness (QED) is 0.268. The van der Waals surface area contributed by atoms with Crippen molar-refractivity contribution in [2.45, 2.75) is 62.7 Å². The highest BCUT2D eigenvalue weighted by Crippen LogP contribution is 2.49. The van der Waals surface area contributed by atoms with Crippen LogP contribution in [0.5, 0.6) is 0 Å². The summed E-state index contributed by atoms with van der Waals surface area (Å²) in [6.07, 6.45) is 11.3. The van der Waals surface area contributed by atoms with Gasteiger partial charge in [-0.05, 0) is 54.5 Å². The third-order valence-corrected chi connectivity index (χ3v) is 8.22. The maximum atomic E-state index is 13.0. The summed E-state index contributed by atoms with van der Waals surface area (Å²) in [5.74, 6) is 0.606. The summed E-state index contributed by atoms with van der Waals surface area (Å²) in [4.78, 5) is 39.0. The summed E-state index contributed by atoms with van der Waals surface area (Å²) in [7, 11) is 0. The van der Waals surface area contributed by atoms with Crippen molar-refractivity contribution in [1.29, 1.82) is 0 Å². The Labute approximate surface area is 225 Å². The zero-order chi connectivity index (χ0) is 25.8. The van der Waals surface area contributed by atoms with E-state index in [-0.39, 0.29) is 11.8 Å². The molecule has 1 N–H and O–H groups in total. The Bertz CT molecular complexity index is 1310. The summed E-state index contributed by atoms with van der Waals surface area (Å²) >= 11 is 3.53. The lowest BCUT2D eigenvalue weighted by Gasteiger charge is -2.48. The summed E-state index contributed by atoms with van der Waals surface area (Å²) in [6.45, 7) is 2.33. The molecule has 2 fully saturated rings. The number of ketones is 1. The number of benzene rings is 1. The summed E-state index contributed by atoms with van der Waals surface area (Å²) < 4.78 is 5.50. The lowest BCUT2D eigenvalue weighted by atomic mass is 9.58. The van der Waals surface area contributed by atoms with Crippen LogP contribution in [0, 0.1) is 5.41 Å². The van der Waals surface area contributed by atoms with Gasteiger partial charge in [-0.15, -0.1) is 0 Å². The van der Waals surface area contributed by atoms with Crippen molar-refractivity contribution in [1.82, 2.24) is 9.97 Å². The molecule has 1 aromatic carbocycles. The number of esters is 1. The number of carbonyl (C=O) groups excluding carboxylic acids is 2. The molecule has 8 heteroatoms. The smallest absolute Gasteiger partial charge is 0.331 e. The zero-order valence-electron chi connectivity index (χ0n) is 21.0. The molecule has 2 aromatic heterocycles. The summed E-state index contributed by atoms with van der Waals surface area (Å²) in [5, 5.41) is 5.37. The number of halogens is 1. The monoisotopic (exact) mass is 562 g/mol. The second-order valence-corrected chi connectivity index (χ2v) is 10.8. The largest absolute Gasteiger partial charge is 0.464 e. The molecule has 0 saturated heterocycles. The highest BCUT2D eigenvalue weighted by Gasteiger charge is 2.58. The minimum Gasteiger partial charge on any atom is -0.464 e. The van der Waals surface area contributed by atoms with Crippen LogP contribution in [0.1, 0.15) is 51.0 Å². The Kier molecular flexibility index (Phi) is 7.65. The molecule has 1 unspecified atom stereocenters. The van der Waals surface area contributed by atoms with E-state index in [4.69, 9.17) is 9.73 Å². The van der Waals surface area contributed by atoms with E-state index in [9.17, 15) is 9.59 Å².